The van der Waals surface area contributed by atoms with Gasteiger partial charge in [-0.25, -0.2) is 4.39 Å². The molecule has 3 N–H and O–H groups in total. The molecule has 2 atom stereocenters. The SMILES string of the molecule is CC1(C(Cc2cccc(Cl)c2F)NN)CCCCO1. The highest BCUT2D eigenvalue weighted by Gasteiger charge is 2.36. The van der Waals surface area contributed by atoms with Crippen molar-refractivity contribution in [1.29, 1.82) is 0 Å². The number of nitrogens with one attached hydrogen (secondary N) is 1. The average Bonchev–Trinajstić information content (AvgIpc) is 2.41. The van der Waals surface area contributed by atoms with E-state index in [1.807, 2.05) is 6.92 Å². The molecule has 0 amide bonds. The molecule has 2 unspecified atom stereocenters. The van der Waals surface area contributed by atoms with E-state index in [4.69, 9.17) is 22.2 Å². The van der Waals surface area contributed by atoms with Crippen LogP contribution in [0.2, 0.25) is 5.02 Å². The van der Waals surface area contributed by atoms with Crippen LogP contribution in [0.1, 0.15) is 31.7 Å². The van der Waals surface area contributed by atoms with E-state index in [0.717, 1.165) is 25.9 Å². The van der Waals surface area contributed by atoms with E-state index in [1.165, 1.54) is 0 Å². The monoisotopic (exact) mass is 286 g/mol. The van der Waals surface area contributed by atoms with E-state index in [-0.39, 0.29) is 22.5 Å². The Balaban J connectivity index is 2.16. The summed E-state index contributed by atoms with van der Waals surface area (Å²) in [5, 5.41) is 0.142. The van der Waals surface area contributed by atoms with Crippen molar-refractivity contribution in [3.63, 3.8) is 0 Å². The van der Waals surface area contributed by atoms with Crippen molar-refractivity contribution in [3.8, 4) is 0 Å². The minimum Gasteiger partial charge on any atom is -0.374 e. The fourth-order valence-corrected chi connectivity index (χ4v) is 2.80. The molecule has 0 aromatic heterocycles. The number of benzene rings is 1. The van der Waals surface area contributed by atoms with Crippen LogP contribution < -0.4 is 11.3 Å². The molecule has 1 saturated heterocycles. The Hall–Kier alpha value is -0.680. The Morgan fingerprint density at radius 3 is 2.95 bits per heavy atom. The smallest absolute Gasteiger partial charge is 0.145 e. The third-order valence-corrected chi connectivity index (χ3v) is 4.19. The maximum atomic E-state index is 13.9. The molecule has 2 rings (SSSR count). The molecule has 1 aromatic carbocycles. The lowest BCUT2D eigenvalue weighted by atomic mass is 9.85. The molecule has 0 saturated carbocycles. The summed E-state index contributed by atoms with van der Waals surface area (Å²) in [5.41, 5.74) is 2.97. The van der Waals surface area contributed by atoms with Crippen LogP contribution in [-0.2, 0) is 11.2 Å². The van der Waals surface area contributed by atoms with Gasteiger partial charge in [0.05, 0.1) is 16.7 Å². The normalized spacial score (nSPS) is 25.3. The second kappa shape index (κ2) is 6.18. The average molecular weight is 287 g/mol. The van der Waals surface area contributed by atoms with Gasteiger partial charge in [0, 0.05) is 6.61 Å². The molecule has 0 spiro atoms. The summed E-state index contributed by atoms with van der Waals surface area (Å²) in [6, 6.07) is 4.89. The maximum absolute atomic E-state index is 13.9. The van der Waals surface area contributed by atoms with Crippen LogP contribution >= 0.6 is 11.6 Å². The van der Waals surface area contributed by atoms with Crippen LogP contribution in [0.15, 0.2) is 18.2 Å². The number of hydrazine groups is 1. The van der Waals surface area contributed by atoms with E-state index >= 15 is 0 Å². The van der Waals surface area contributed by atoms with Crippen LogP contribution in [0.5, 0.6) is 0 Å². The lowest BCUT2D eigenvalue weighted by Gasteiger charge is -2.40. The molecule has 1 aromatic rings. The first-order valence-corrected chi connectivity index (χ1v) is 6.97. The topological polar surface area (TPSA) is 47.3 Å². The number of hydrogen-bond acceptors (Lipinski definition) is 3. The first kappa shape index (κ1) is 14.7. The van der Waals surface area contributed by atoms with Crippen molar-refractivity contribution in [2.45, 2.75) is 44.2 Å². The minimum absolute atomic E-state index is 0.138. The molecule has 1 aliphatic heterocycles. The van der Waals surface area contributed by atoms with Crippen LogP contribution in [0.25, 0.3) is 0 Å². The molecule has 19 heavy (non-hydrogen) atoms. The van der Waals surface area contributed by atoms with Crippen molar-refractivity contribution in [2.24, 2.45) is 5.84 Å². The quantitative estimate of drug-likeness (QED) is 0.661. The minimum atomic E-state index is -0.371. The zero-order valence-corrected chi connectivity index (χ0v) is 11.8. The molecule has 3 nitrogen and oxygen atoms in total. The Morgan fingerprint density at radius 2 is 2.32 bits per heavy atom. The van der Waals surface area contributed by atoms with E-state index < -0.39 is 0 Å². The molecule has 106 valence electrons. The summed E-state index contributed by atoms with van der Waals surface area (Å²) >= 11 is 5.80. The van der Waals surface area contributed by atoms with Gasteiger partial charge >= 0.3 is 0 Å². The Kier molecular flexibility index (Phi) is 4.79. The Bertz CT molecular complexity index is 435. The van der Waals surface area contributed by atoms with Crippen LogP contribution in [0, 0.1) is 5.82 Å². The standard InChI is InChI=1S/C14H20ClFN2O/c1-14(7-2-3-8-19-14)12(18-17)9-10-5-4-6-11(15)13(10)16/h4-6,12,18H,2-3,7-9,17H2,1H3. The number of rotatable bonds is 4. The van der Waals surface area contributed by atoms with Crippen molar-refractivity contribution >= 4 is 11.6 Å². The van der Waals surface area contributed by atoms with Gasteiger partial charge in [-0.05, 0) is 44.2 Å². The first-order chi connectivity index (χ1) is 9.07. The van der Waals surface area contributed by atoms with Gasteiger partial charge in [0.1, 0.15) is 5.82 Å². The van der Waals surface area contributed by atoms with Crippen LogP contribution in [-0.4, -0.2) is 18.2 Å². The first-order valence-electron chi connectivity index (χ1n) is 6.60. The number of halogens is 2. The van der Waals surface area contributed by atoms with E-state index in [1.54, 1.807) is 18.2 Å². The molecule has 1 heterocycles. The predicted octanol–water partition coefficient (Wildman–Crippen LogP) is 2.81. The summed E-state index contributed by atoms with van der Waals surface area (Å²) in [7, 11) is 0. The fraction of sp³-hybridized carbons (Fsp3) is 0.571. The molecule has 0 radical (unpaired) electrons. The third kappa shape index (κ3) is 3.26. The fourth-order valence-electron chi connectivity index (χ4n) is 2.61. The summed E-state index contributed by atoms with van der Waals surface area (Å²) in [6.45, 7) is 2.76. The number of nitrogens with two attached hydrogens (primary N) is 1. The van der Waals surface area contributed by atoms with E-state index in [0.29, 0.717) is 12.0 Å². The highest BCUT2D eigenvalue weighted by atomic mass is 35.5. The van der Waals surface area contributed by atoms with Crippen molar-refractivity contribution in [2.75, 3.05) is 6.61 Å². The Labute approximate surface area is 118 Å². The summed E-state index contributed by atoms with van der Waals surface area (Å²) in [5.74, 6) is 5.27. The number of hydrogen-bond donors (Lipinski definition) is 2. The summed E-state index contributed by atoms with van der Waals surface area (Å²) in [4.78, 5) is 0. The second-order valence-electron chi connectivity index (χ2n) is 5.25. The summed E-state index contributed by atoms with van der Waals surface area (Å²) in [6.07, 6.45) is 3.55. The molecule has 5 heteroatoms. The third-order valence-electron chi connectivity index (χ3n) is 3.89. The van der Waals surface area contributed by atoms with Gasteiger partial charge < -0.3 is 4.74 Å². The van der Waals surface area contributed by atoms with Crippen LogP contribution in [0.3, 0.4) is 0 Å². The largest absolute Gasteiger partial charge is 0.374 e. The van der Waals surface area contributed by atoms with Gasteiger partial charge in [-0.2, -0.15) is 0 Å². The zero-order chi connectivity index (χ0) is 13.9. The van der Waals surface area contributed by atoms with Crippen molar-refractivity contribution in [1.82, 2.24) is 5.43 Å². The molecular formula is C14H20ClFN2O. The van der Waals surface area contributed by atoms with E-state index in [9.17, 15) is 4.39 Å². The zero-order valence-electron chi connectivity index (χ0n) is 11.1. The lowest BCUT2D eigenvalue weighted by Crippen LogP contribution is -2.55. The highest BCUT2D eigenvalue weighted by molar-refractivity contribution is 6.30. The van der Waals surface area contributed by atoms with Gasteiger partial charge in [-0.15, -0.1) is 0 Å². The second-order valence-corrected chi connectivity index (χ2v) is 5.66. The van der Waals surface area contributed by atoms with Crippen LogP contribution in [0.4, 0.5) is 4.39 Å². The van der Waals surface area contributed by atoms with Gasteiger partial charge in [-0.3, -0.25) is 11.3 Å². The van der Waals surface area contributed by atoms with Gasteiger partial charge in [0.15, 0.2) is 0 Å². The molecule has 0 bridgehead atoms. The molecular weight excluding hydrogens is 267 g/mol. The summed E-state index contributed by atoms with van der Waals surface area (Å²) < 4.78 is 19.8. The molecule has 1 fully saturated rings. The lowest BCUT2D eigenvalue weighted by molar-refractivity contribution is -0.0885. The molecule has 1 aliphatic rings. The van der Waals surface area contributed by atoms with Gasteiger partial charge in [0.25, 0.3) is 0 Å². The maximum Gasteiger partial charge on any atom is 0.145 e. The number of ether oxygens (including phenoxy) is 1. The van der Waals surface area contributed by atoms with Crippen molar-refractivity contribution < 1.29 is 9.13 Å². The van der Waals surface area contributed by atoms with Crippen molar-refractivity contribution in [3.05, 3.63) is 34.6 Å². The Morgan fingerprint density at radius 1 is 1.53 bits per heavy atom. The predicted molar refractivity (Wildman–Crippen MR) is 74.4 cm³/mol. The van der Waals surface area contributed by atoms with Gasteiger partial charge in [0.2, 0.25) is 0 Å². The van der Waals surface area contributed by atoms with E-state index in [2.05, 4.69) is 5.43 Å². The van der Waals surface area contributed by atoms with Gasteiger partial charge in [-0.1, -0.05) is 23.7 Å². The highest BCUT2D eigenvalue weighted by Crippen LogP contribution is 2.30. The molecule has 0 aliphatic carbocycles.